The molecule has 0 aliphatic rings. The van der Waals surface area contributed by atoms with Gasteiger partial charge in [-0.2, -0.15) is 0 Å². The quantitative estimate of drug-likeness (QED) is 0.386. The van der Waals surface area contributed by atoms with Gasteiger partial charge in [-0.3, -0.25) is 4.79 Å². The Bertz CT molecular complexity index is 239. The SMILES string of the molecule is CCOC(=O)CCCN(N)/C=C(\N)C(C)C. The second-order valence-electron chi connectivity index (χ2n) is 3.93. The highest BCUT2D eigenvalue weighted by Gasteiger charge is 2.03. The van der Waals surface area contributed by atoms with Crippen LogP contribution in [-0.4, -0.2) is 24.1 Å². The van der Waals surface area contributed by atoms with E-state index in [0.717, 1.165) is 5.70 Å². The highest BCUT2D eigenvalue weighted by molar-refractivity contribution is 5.69. The fraction of sp³-hybridized carbons (Fsp3) is 0.727. The summed E-state index contributed by atoms with van der Waals surface area (Å²) in [5.74, 6) is 5.79. The molecule has 0 aliphatic heterocycles. The normalized spacial score (nSPS) is 11.7. The summed E-state index contributed by atoms with van der Waals surface area (Å²) in [4.78, 5) is 11.0. The maximum absolute atomic E-state index is 11.0. The van der Waals surface area contributed by atoms with Crippen LogP contribution >= 0.6 is 0 Å². The van der Waals surface area contributed by atoms with Gasteiger partial charge < -0.3 is 15.5 Å². The van der Waals surface area contributed by atoms with Crippen molar-refractivity contribution in [2.45, 2.75) is 33.6 Å². The molecule has 0 amide bonds. The molecule has 94 valence electrons. The van der Waals surface area contributed by atoms with Crippen molar-refractivity contribution in [2.24, 2.45) is 17.5 Å². The van der Waals surface area contributed by atoms with E-state index >= 15 is 0 Å². The van der Waals surface area contributed by atoms with E-state index in [0.29, 0.717) is 26.0 Å². The Morgan fingerprint density at radius 3 is 2.62 bits per heavy atom. The first kappa shape index (κ1) is 14.8. The van der Waals surface area contributed by atoms with Gasteiger partial charge in [-0.15, -0.1) is 0 Å². The molecule has 0 heterocycles. The summed E-state index contributed by atoms with van der Waals surface area (Å²) in [6.07, 6.45) is 2.75. The lowest BCUT2D eigenvalue weighted by Gasteiger charge is -2.15. The maximum atomic E-state index is 11.0. The van der Waals surface area contributed by atoms with Crippen molar-refractivity contribution in [3.05, 3.63) is 11.9 Å². The largest absolute Gasteiger partial charge is 0.466 e. The van der Waals surface area contributed by atoms with E-state index in [1.54, 1.807) is 13.1 Å². The summed E-state index contributed by atoms with van der Waals surface area (Å²) in [6.45, 7) is 6.80. The average molecular weight is 229 g/mol. The minimum absolute atomic E-state index is 0.184. The Morgan fingerprint density at radius 1 is 1.50 bits per heavy atom. The van der Waals surface area contributed by atoms with E-state index < -0.39 is 0 Å². The molecule has 16 heavy (non-hydrogen) atoms. The number of hydrazine groups is 1. The van der Waals surface area contributed by atoms with Crippen LogP contribution in [0.15, 0.2) is 11.9 Å². The van der Waals surface area contributed by atoms with Crippen molar-refractivity contribution in [2.75, 3.05) is 13.2 Å². The van der Waals surface area contributed by atoms with Crippen LogP contribution in [0.4, 0.5) is 0 Å². The minimum atomic E-state index is -0.184. The zero-order chi connectivity index (χ0) is 12.6. The van der Waals surface area contributed by atoms with Crippen molar-refractivity contribution in [1.29, 1.82) is 0 Å². The van der Waals surface area contributed by atoms with Crippen LogP contribution in [0.25, 0.3) is 0 Å². The average Bonchev–Trinajstić information content (AvgIpc) is 2.17. The third-order valence-corrected chi connectivity index (χ3v) is 2.08. The number of rotatable bonds is 7. The first-order valence-electron chi connectivity index (χ1n) is 5.61. The van der Waals surface area contributed by atoms with Gasteiger partial charge in [0.25, 0.3) is 0 Å². The van der Waals surface area contributed by atoms with E-state index in [9.17, 15) is 4.79 Å². The Balaban J connectivity index is 3.77. The summed E-state index contributed by atoms with van der Waals surface area (Å²) in [6, 6.07) is 0. The molecule has 0 rings (SSSR count). The molecule has 0 fully saturated rings. The molecule has 4 N–H and O–H groups in total. The predicted molar refractivity (Wildman–Crippen MR) is 63.9 cm³/mol. The van der Waals surface area contributed by atoms with Gasteiger partial charge in [0.1, 0.15) is 0 Å². The van der Waals surface area contributed by atoms with Crippen LogP contribution in [-0.2, 0) is 9.53 Å². The maximum Gasteiger partial charge on any atom is 0.305 e. The van der Waals surface area contributed by atoms with Crippen LogP contribution in [0.2, 0.25) is 0 Å². The molecule has 5 heteroatoms. The third kappa shape index (κ3) is 7.11. The fourth-order valence-corrected chi connectivity index (χ4v) is 1.04. The molecule has 0 atom stereocenters. The summed E-state index contributed by atoms with van der Waals surface area (Å²) >= 11 is 0. The summed E-state index contributed by atoms with van der Waals surface area (Å²) < 4.78 is 4.80. The number of carbonyl (C=O) groups excluding carboxylic acids is 1. The number of esters is 1. The molecule has 0 unspecified atom stereocenters. The summed E-state index contributed by atoms with van der Waals surface area (Å²) in [5, 5.41) is 1.51. The lowest BCUT2D eigenvalue weighted by Crippen LogP contribution is -2.28. The summed E-state index contributed by atoms with van der Waals surface area (Å²) in [5.41, 5.74) is 6.48. The third-order valence-electron chi connectivity index (χ3n) is 2.08. The van der Waals surface area contributed by atoms with Gasteiger partial charge in [-0.25, -0.2) is 5.84 Å². The first-order chi connectivity index (χ1) is 7.47. The number of hydrogen-bond acceptors (Lipinski definition) is 5. The first-order valence-corrected chi connectivity index (χ1v) is 5.61. The summed E-state index contributed by atoms with van der Waals surface area (Å²) in [7, 11) is 0. The molecular formula is C11H23N3O2. The Hall–Kier alpha value is -1.23. The number of ether oxygens (including phenoxy) is 1. The van der Waals surface area contributed by atoms with E-state index in [2.05, 4.69) is 0 Å². The van der Waals surface area contributed by atoms with Crippen LogP contribution in [0, 0.1) is 5.92 Å². The lowest BCUT2D eigenvalue weighted by molar-refractivity contribution is -0.143. The van der Waals surface area contributed by atoms with Crippen LogP contribution in [0.1, 0.15) is 33.6 Å². The van der Waals surface area contributed by atoms with E-state index in [1.165, 1.54) is 5.01 Å². The van der Waals surface area contributed by atoms with Crippen LogP contribution in [0.5, 0.6) is 0 Å². The van der Waals surface area contributed by atoms with E-state index in [1.807, 2.05) is 13.8 Å². The van der Waals surface area contributed by atoms with Gasteiger partial charge in [0.05, 0.1) is 6.61 Å². The number of hydrogen-bond donors (Lipinski definition) is 2. The molecule has 0 aromatic rings. The van der Waals surface area contributed by atoms with Gasteiger partial charge in [0.2, 0.25) is 0 Å². The molecule has 0 spiro atoms. The Morgan fingerprint density at radius 2 is 2.12 bits per heavy atom. The molecule has 0 bridgehead atoms. The predicted octanol–water partition coefficient (Wildman–Crippen LogP) is 0.961. The van der Waals surface area contributed by atoms with Gasteiger partial charge >= 0.3 is 5.97 Å². The van der Waals surface area contributed by atoms with Gasteiger partial charge in [-0.1, -0.05) is 13.8 Å². The highest BCUT2D eigenvalue weighted by Crippen LogP contribution is 2.03. The molecule has 0 saturated carbocycles. The number of nitrogens with zero attached hydrogens (tertiary/aromatic N) is 1. The molecular weight excluding hydrogens is 206 g/mol. The molecule has 0 radical (unpaired) electrons. The zero-order valence-corrected chi connectivity index (χ0v) is 10.4. The topological polar surface area (TPSA) is 81.6 Å². The highest BCUT2D eigenvalue weighted by atomic mass is 16.5. The number of nitrogens with two attached hydrogens (primary N) is 2. The van der Waals surface area contributed by atoms with Crippen molar-refractivity contribution in [3.63, 3.8) is 0 Å². The molecule has 5 nitrogen and oxygen atoms in total. The van der Waals surface area contributed by atoms with Crippen molar-refractivity contribution >= 4 is 5.97 Å². The molecule has 0 aromatic heterocycles. The zero-order valence-electron chi connectivity index (χ0n) is 10.4. The number of carbonyl (C=O) groups is 1. The smallest absolute Gasteiger partial charge is 0.305 e. The Kier molecular flexibility index (Phi) is 7.37. The lowest BCUT2D eigenvalue weighted by atomic mass is 10.1. The standard InChI is InChI=1S/C11H23N3O2/c1-4-16-11(15)6-5-7-14(13)8-10(12)9(2)3/h8-9H,4-7,12-13H2,1-3H3/b10-8-. The molecule has 0 aromatic carbocycles. The molecule has 0 saturated heterocycles. The van der Waals surface area contributed by atoms with Gasteiger partial charge in [0, 0.05) is 24.9 Å². The van der Waals surface area contributed by atoms with E-state index in [4.69, 9.17) is 16.3 Å². The van der Waals surface area contributed by atoms with Crippen LogP contribution < -0.4 is 11.6 Å². The van der Waals surface area contributed by atoms with Gasteiger partial charge in [0.15, 0.2) is 0 Å². The van der Waals surface area contributed by atoms with Crippen molar-refractivity contribution in [3.8, 4) is 0 Å². The monoisotopic (exact) mass is 229 g/mol. The van der Waals surface area contributed by atoms with Crippen LogP contribution in [0.3, 0.4) is 0 Å². The van der Waals surface area contributed by atoms with Gasteiger partial charge in [-0.05, 0) is 19.3 Å². The second kappa shape index (κ2) is 7.98. The van der Waals surface area contributed by atoms with Crippen molar-refractivity contribution in [1.82, 2.24) is 5.01 Å². The fourth-order valence-electron chi connectivity index (χ4n) is 1.04. The molecule has 0 aliphatic carbocycles. The second-order valence-corrected chi connectivity index (χ2v) is 3.93. The Labute approximate surface area is 97.4 Å². The minimum Gasteiger partial charge on any atom is -0.466 e. The number of allylic oxidation sites excluding steroid dienone is 1. The van der Waals surface area contributed by atoms with Crippen molar-refractivity contribution < 1.29 is 9.53 Å². The van der Waals surface area contributed by atoms with E-state index in [-0.39, 0.29) is 11.9 Å².